The van der Waals surface area contributed by atoms with Gasteiger partial charge < -0.3 is 24.4 Å². The molecule has 1 N–H and O–H groups in total. The Bertz CT molecular complexity index is 1500. The number of carbonyl (C=O) groups excluding carboxylic acids is 2. The molecule has 1 amide bonds. The van der Waals surface area contributed by atoms with Crippen molar-refractivity contribution in [1.82, 2.24) is 10.2 Å². The van der Waals surface area contributed by atoms with Crippen molar-refractivity contribution in [3.63, 3.8) is 0 Å². The molecule has 0 aromatic heterocycles. The number of halogens is 3. The molecule has 240 valence electrons. The highest BCUT2D eigenvalue weighted by Crippen LogP contribution is 2.45. The quantitative estimate of drug-likeness (QED) is 0.159. The van der Waals surface area contributed by atoms with E-state index in [1.807, 2.05) is 48.5 Å². The molecule has 0 spiro atoms. The normalized spacial score (nSPS) is 19.5. The van der Waals surface area contributed by atoms with Crippen LogP contribution in [0.3, 0.4) is 0 Å². The van der Waals surface area contributed by atoms with Crippen LogP contribution in [0.1, 0.15) is 49.2 Å². The third-order valence-electron chi connectivity index (χ3n) is 8.37. The monoisotopic (exact) mass is 624 g/mol. The third kappa shape index (κ3) is 7.79. The lowest BCUT2D eigenvalue weighted by molar-refractivity contribution is -0.151. The van der Waals surface area contributed by atoms with Gasteiger partial charge in [-0.1, -0.05) is 45.0 Å². The number of carbonyl (C=O) groups is 2. The number of benzene rings is 3. The van der Waals surface area contributed by atoms with Crippen molar-refractivity contribution in [2.45, 2.75) is 51.7 Å². The zero-order chi connectivity index (χ0) is 32.3. The molecule has 0 radical (unpaired) electrons. The summed E-state index contributed by atoms with van der Waals surface area (Å²) >= 11 is 0. The van der Waals surface area contributed by atoms with Gasteiger partial charge in [0, 0.05) is 38.2 Å². The van der Waals surface area contributed by atoms with E-state index in [1.54, 1.807) is 6.92 Å². The molecule has 3 aromatic rings. The first kappa shape index (κ1) is 32.3. The van der Waals surface area contributed by atoms with Crippen LogP contribution in [0.4, 0.5) is 13.2 Å². The Hall–Kier alpha value is -4.05. The lowest BCUT2D eigenvalue weighted by Gasteiger charge is -2.21. The molecule has 1 saturated heterocycles. The zero-order valence-corrected chi connectivity index (χ0v) is 25.9. The van der Waals surface area contributed by atoms with Gasteiger partial charge in [-0.15, -0.1) is 0 Å². The molecule has 4 atom stereocenters. The number of fused-ring (bicyclic) bond motifs is 1. The van der Waals surface area contributed by atoms with E-state index in [0.29, 0.717) is 56.3 Å². The maximum Gasteiger partial charge on any atom is 0.347 e. The molecule has 2 unspecified atom stereocenters. The number of esters is 1. The van der Waals surface area contributed by atoms with Crippen LogP contribution in [0.5, 0.6) is 11.5 Å². The van der Waals surface area contributed by atoms with E-state index >= 15 is 0 Å². The summed E-state index contributed by atoms with van der Waals surface area (Å²) in [6.07, 6.45) is -0.449. The highest BCUT2D eigenvalue weighted by molar-refractivity contribution is 5.94. The fourth-order valence-corrected chi connectivity index (χ4v) is 5.79. The number of hydrogen-bond donors (Lipinski definition) is 1. The van der Waals surface area contributed by atoms with E-state index in [1.165, 1.54) is 10.5 Å². The summed E-state index contributed by atoms with van der Waals surface area (Å²) in [5.41, 5.74) is 1.64. The van der Waals surface area contributed by atoms with Gasteiger partial charge in [0.25, 0.3) is 5.91 Å². The summed E-state index contributed by atoms with van der Waals surface area (Å²) in [5.74, 6) is -2.92. The lowest BCUT2D eigenvalue weighted by atomic mass is 9.87. The second-order valence-corrected chi connectivity index (χ2v) is 12.6. The molecule has 5 rings (SSSR count). The molecule has 3 aromatic carbocycles. The van der Waals surface area contributed by atoms with Crippen molar-refractivity contribution in [1.29, 1.82) is 0 Å². The highest BCUT2D eigenvalue weighted by Gasteiger charge is 2.56. The van der Waals surface area contributed by atoms with E-state index in [9.17, 15) is 22.8 Å². The summed E-state index contributed by atoms with van der Waals surface area (Å²) in [6, 6.07) is 16.5. The Morgan fingerprint density at radius 1 is 0.911 bits per heavy atom. The fourth-order valence-electron chi connectivity index (χ4n) is 5.79. The van der Waals surface area contributed by atoms with Crippen LogP contribution in [0, 0.1) is 29.3 Å². The van der Waals surface area contributed by atoms with Crippen LogP contribution < -0.4 is 14.8 Å². The Kier molecular flexibility index (Phi) is 9.72. The predicted octanol–water partition coefficient (Wildman–Crippen LogP) is 5.69. The van der Waals surface area contributed by atoms with Gasteiger partial charge in [0.15, 0.2) is 17.7 Å². The number of likely N-dealkylation sites (tertiary alicyclic amines) is 1. The predicted molar refractivity (Wildman–Crippen MR) is 163 cm³/mol. The fraction of sp³-hybridized carbons (Fsp3) is 0.429. The molecular weight excluding hydrogens is 585 g/mol. The molecule has 2 aliphatic rings. The van der Waals surface area contributed by atoms with Crippen molar-refractivity contribution in [2.24, 2.45) is 11.8 Å². The second-order valence-electron chi connectivity index (χ2n) is 12.6. The first-order valence-corrected chi connectivity index (χ1v) is 15.3. The number of hydrogen-bond acceptors (Lipinski definition) is 6. The smallest absolute Gasteiger partial charge is 0.347 e. The van der Waals surface area contributed by atoms with E-state index in [-0.39, 0.29) is 29.9 Å². The van der Waals surface area contributed by atoms with E-state index in [2.05, 4.69) is 26.1 Å². The van der Waals surface area contributed by atoms with Gasteiger partial charge in [-0.25, -0.2) is 18.0 Å². The topological polar surface area (TPSA) is 77.1 Å². The van der Waals surface area contributed by atoms with Crippen LogP contribution in [0.25, 0.3) is 0 Å². The molecule has 1 heterocycles. The minimum atomic E-state index is -1.32. The number of piperidine rings is 1. The van der Waals surface area contributed by atoms with Gasteiger partial charge in [-0.2, -0.15) is 0 Å². The first-order valence-electron chi connectivity index (χ1n) is 15.3. The van der Waals surface area contributed by atoms with E-state index in [0.717, 1.165) is 5.56 Å². The number of ether oxygens (including phenoxy) is 3. The second kappa shape index (κ2) is 13.5. The largest absolute Gasteiger partial charge is 0.492 e. The van der Waals surface area contributed by atoms with E-state index < -0.39 is 41.0 Å². The maximum atomic E-state index is 14.0. The van der Waals surface area contributed by atoms with Crippen LogP contribution in [0.15, 0.2) is 60.7 Å². The first-order chi connectivity index (χ1) is 21.4. The van der Waals surface area contributed by atoms with Crippen LogP contribution in [0.2, 0.25) is 0 Å². The number of nitrogens with zero attached hydrogens (tertiary/aromatic N) is 1. The van der Waals surface area contributed by atoms with Gasteiger partial charge in [0.1, 0.15) is 23.9 Å². The molecular formula is C35H39F3N2O5. The number of nitrogens with one attached hydrogen (secondary N) is 1. The van der Waals surface area contributed by atoms with Gasteiger partial charge in [0.2, 0.25) is 0 Å². The number of amides is 1. The van der Waals surface area contributed by atoms with Crippen molar-refractivity contribution in [2.75, 3.05) is 32.8 Å². The SMILES string of the molecule is CCOC(=O)[C@H](Cc1ccc(OCCNC2C3CN(C(=O)c4cc(F)c(F)cc4F)C[C@@H]32)cc1)Oc1ccc(C(C)(C)C)cc1. The van der Waals surface area contributed by atoms with Crippen LogP contribution >= 0.6 is 0 Å². The van der Waals surface area contributed by atoms with Crippen LogP contribution in [-0.2, 0) is 21.4 Å². The maximum absolute atomic E-state index is 14.0. The van der Waals surface area contributed by atoms with Gasteiger partial charge in [0.05, 0.1) is 12.2 Å². The standard InChI is InChI=1S/C35H39F3N2O5/c1-5-43-34(42)31(45-24-12-8-22(9-13-24)35(2,3)4)16-21-6-10-23(11-7-21)44-15-14-39-32-26-19-40(20-27(26)32)33(41)25-17-29(37)30(38)18-28(25)36/h6-13,17-18,26-27,31-32,39H,5,14-16,19-20H2,1-4H3/t26-,27?,31-,32?/m0/s1. The molecule has 1 aliphatic heterocycles. The third-order valence-corrected chi connectivity index (χ3v) is 8.37. The Morgan fingerprint density at radius 2 is 1.53 bits per heavy atom. The van der Waals surface area contributed by atoms with Crippen molar-refractivity contribution >= 4 is 11.9 Å². The lowest BCUT2D eigenvalue weighted by Crippen LogP contribution is -2.37. The zero-order valence-electron chi connectivity index (χ0n) is 25.9. The summed E-state index contributed by atoms with van der Waals surface area (Å²) in [4.78, 5) is 26.8. The molecule has 2 fully saturated rings. The molecule has 1 aliphatic carbocycles. The molecule has 0 bridgehead atoms. The van der Waals surface area contributed by atoms with Crippen molar-refractivity contribution in [3.8, 4) is 11.5 Å². The average Bonchev–Trinajstić information content (AvgIpc) is 3.44. The minimum Gasteiger partial charge on any atom is -0.492 e. The Morgan fingerprint density at radius 3 is 2.16 bits per heavy atom. The summed E-state index contributed by atoms with van der Waals surface area (Å²) in [6.45, 7) is 10.3. The average molecular weight is 625 g/mol. The van der Waals surface area contributed by atoms with Gasteiger partial charge in [-0.3, -0.25) is 4.79 Å². The molecule has 45 heavy (non-hydrogen) atoms. The summed E-state index contributed by atoms with van der Waals surface area (Å²) < 4.78 is 58.0. The van der Waals surface area contributed by atoms with Gasteiger partial charge in [-0.05, 0) is 65.6 Å². The summed E-state index contributed by atoms with van der Waals surface area (Å²) in [7, 11) is 0. The number of rotatable bonds is 12. The Balaban J connectivity index is 1.05. The highest BCUT2D eigenvalue weighted by atomic mass is 19.2. The molecule has 7 nitrogen and oxygen atoms in total. The van der Waals surface area contributed by atoms with E-state index in [4.69, 9.17) is 14.2 Å². The molecule has 1 saturated carbocycles. The van der Waals surface area contributed by atoms with Crippen LogP contribution in [-0.4, -0.2) is 61.8 Å². The van der Waals surface area contributed by atoms with Crippen molar-refractivity contribution < 1.29 is 37.0 Å². The summed E-state index contributed by atoms with van der Waals surface area (Å²) in [5, 5.41) is 3.44. The van der Waals surface area contributed by atoms with Gasteiger partial charge >= 0.3 is 5.97 Å². The van der Waals surface area contributed by atoms with Crippen molar-refractivity contribution in [3.05, 3.63) is 94.8 Å². The minimum absolute atomic E-state index is 0.0130. The molecule has 10 heteroatoms. The Labute approximate surface area is 261 Å².